The fourth-order valence-electron chi connectivity index (χ4n) is 2.28. The molecule has 1 aliphatic rings. The summed E-state index contributed by atoms with van der Waals surface area (Å²) in [7, 11) is 0. The fraction of sp³-hybridized carbons (Fsp3) is 0.625. The largest absolute Gasteiger partial charge is 0.316 e. The van der Waals surface area contributed by atoms with Crippen molar-refractivity contribution in [2.24, 2.45) is 0 Å². The van der Waals surface area contributed by atoms with Crippen molar-refractivity contribution in [3.63, 3.8) is 0 Å². The molecule has 1 nitrogen and oxygen atoms in total. The molecule has 0 amide bonds. The molecule has 0 spiro atoms. The number of hydrogen-bond donors (Lipinski definition) is 1. The van der Waals surface area contributed by atoms with Crippen LogP contribution in [-0.4, -0.2) is 18.3 Å². The average molecular weight is 263 g/mol. The van der Waals surface area contributed by atoms with Crippen molar-refractivity contribution in [2.75, 3.05) is 13.1 Å². The molecule has 1 atom stereocenters. The highest BCUT2D eigenvalue weighted by Gasteiger charge is 2.14. The maximum Gasteiger partial charge on any atom is 0.0187 e. The Morgan fingerprint density at radius 3 is 2.50 bits per heavy atom. The first-order chi connectivity index (χ1) is 8.55. The van der Waals surface area contributed by atoms with Gasteiger partial charge in [-0.3, -0.25) is 0 Å². The highest BCUT2D eigenvalue weighted by molar-refractivity contribution is 7.99. The second-order valence-electron chi connectivity index (χ2n) is 6.23. The zero-order chi connectivity index (χ0) is 13.0. The minimum atomic E-state index is 0.263. The number of piperidine rings is 1. The molecule has 2 rings (SSSR count). The van der Waals surface area contributed by atoms with Crippen LogP contribution in [0.3, 0.4) is 0 Å². The second kappa shape index (κ2) is 6.12. The van der Waals surface area contributed by atoms with Crippen LogP contribution in [0.2, 0.25) is 0 Å². The normalized spacial score (nSPS) is 20.9. The summed E-state index contributed by atoms with van der Waals surface area (Å²) in [6.07, 6.45) is 2.71. The molecule has 1 aromatic rings. The highest BCUT2D eigenvalue weighted by Crippen LogP contribution is 2.26. The van der Waals surface area contributed by atoms with Gasteiger partial charge in [-0.15, -0.1) is 0 Å². The number of benzene rings is 1. The summed E-state index contributed by atoms with van der Waals surface area (Å²) < 4.78 is 0. The third-order valence-electron chi connectivity index (χ3n) is 3.56. The standard InChI is InChI=1S/C16H25NS/c1-16(2,3)14-8-6-13(7-9-14)12-18-15-5-4-10-17-11-15/h6-9,15,17H,4-5,10-12H2,1-3H3. The van der Waals surface area contributed by atoms with E-state index in [1.54, 1.807) is 0 Å². The molecule has 0 aliphatic carbocycles. The van der Waals surface area contributed by atoms with Crippen molar-refractivity contribution in [3.8, 4) is 0 Å². The lowest BCUT2D eigenvalue weighted by Gasteiger charge is -2.22. The van der Waals surface area contributed by atoms with E-state index in [1.165, 1.54) is 37.1 Å². The SMILES string of the molecule is CC(C)(C)c1ccc(CSC2CCCNC2)cc1. The molecule has 0 radical (unpaired) electrons. The van der Waals surface area contributed by atoms with Crippen molar-refractivity contribution in [1.29, 1.82) is 0 Å². The predicted octanol–water partition coefficient (Wildman–Crippen LogP) is 3.97. The first kappa shape index (κ1) is 14.0. The Morgan fingerprint density at radius 1 is 1.22 bits per heavy atom. The third-order valence-corrected chi connectivity index (χ3v) is 4.93. The molecule has 100 valence electrons. The highest BCUT2D eigenvalue weighted by atomic mass is 32.2. The lowest BCUT2D eigenvalue weighted by molar-refractivity contribution is 0.531. The molecule has 1 N–H and O–H groups in total. The summed E-state index contributed by atoms with van der Waals surface area (Å²) >= 11 is 2.10. The van der Waals surface area contributed by atoms with Crippen molar-refractivity contribution >= 4 is 11.8 Å². The van der Waals surface area contributed by atoms with Crippen molar-refractivity contribution < 1.29 is 0 Å². The fourth-order valence-corrected chi connectivity index (χ4v) is 3.47. The molecule has 0 saturated carbocycles. The van der Waals surface area contributed by atoms with E-state index in [9.17, 15) is 0 Å². The van der Waals surface area contributed by atoms with Gasteiger partial charge in [0, 0.05) is 17.5 Å². The first-order valence-corrected chi connectivity index (χ1v) is 8.02. The van der Waals surface area contributed by atoms with Gasteiger partial charge in [-0.25, -0.2) is 0 Å². The van der Waals surface area contributed by atoms with Gasteiger partial charge in [-0.1, -0.05) is 45.0 Å². The molecule has 1 aromatic carbocycles. The Labute approximate surface area is 116 Å². The first-order valence-electron chi connectivity index (χ1n) is 6.97. The van der Waals surface area contributed by atoms with E-state index in [0.29, 0.717) is 0 Å². The lowest BCUT2D eigenvalue weighted by atomic mass is 9.87. The quantitative estimate of drug-likeness (QED) is 0.885. The summed E-state index contributed by atoms with van der Waals surface area (Å²) in [6, 6.07) is 9.16. The van der Waals surface area contributed by atoms with Gasteiger partial charge in [-0.05, 0) is 35.9 Å². The number of rotatable bonds is 3. The minimum absolute atomic E-state index is 0.263. The third kappa shape index (κ3) is 4.03. The summed E-state index contributed by atoms with van der Waals surface area (Å²) in [4.78, 5) is 0. The van der Waals surface area contributed by atoms with Crippen molar-refractivity contribution in [1.82, 2.24) is 5.32 Å². The molecule has 0 aromatic heterocycles. The van der Waals surface area contributed by atoms with Crippen molar-refractivity contribution in [2.45, 2.75) is 50.0 Å². The molecule has 0 bridgehead atoms. The van der Waals surface area contributed by atoms with Crippen molar-refractivity contribution in [3.05, 3.63) is 35.4 Å². The Bertz CT molecular complexity index is 358. The average Bonchev–Trinajstić information content (AvgIpc) is 2.37. The van der Waals surface area contributed by atoms with Crippen LogP contribution in [0.25, 0.3) is 0 Å². The van der Waals surface area contributed by atoms with Crippen LogP contribution in [-0.2, 0) is 11.2 Å². The molecule has 1 saturated heterocycles. The zero-order valence-electron chi connectivity index (χ0n) is 11.8. The Hall–Kier alpha value is -0.470. The van der Waals surface area contributed by atoms with Crippen LogP contribution in [0, 0.1) is 0 Å². The smallest absolute Gasteiger partial charge is 0.0187 e. The number of hydrogen-bond acceptors (Lipinski definition) is 2. The number of thioether (sulfide) groups is 1. The molecule has 2 heteroatoms. The van der Waals surface area contributed by atoms with Gasteiger partial charge in [0.2, 0.25) is 0 Å². The maximum absolute atomic E-state index is 3.48. The summed E-state index contributed by atoms with van der Waals surface area (Å²) in [5.41, 5.74) is 3.15. The second-order valence-corrected chi connectivity index (χ2v) is 7.51. The van der Waals surface area contributed by atoms with Crippen LogP contribution in [0.1, 0.15) is 44.7 Å². The number of nitrogens with one attached hydrogen (secondary N) is 1. The van der Waals surface area contributed by atoms with Gasteiger partial charge < -0.3 is 5.32 Å². The minimum Gasteiger partial charge on any atom is -0.316 e. The molecule has 1 heterocycles. The summed E-state index contributed by atoms with van der Waals surface area (Å²) in [5.74, 6) is 1.15. The lowest BCUT2D eigenvalue weighted by Crippen LogP contribution is -2.31. The summed E-state index contributed by atoms with van der Waals surface area (Å²) in [6.45, 7) is 9.20. The van der Waals surface area contributed by atoms with Gasteiger partial charge in [0.25, 0.3) is 0 Å². The van der Waals surface area contributed by atoms with E-state index in [0.717, 1.165) is 11.0 Å². The van der Waals surface area contributed by atoms with Crippen LogP contribution in [0.5, 0.6) is 0 Å². The molecule has 18 heavy (non-hydrogen) atoms. The zero-order valence-corrected chi connectivity index (χ0v) is 12.6. The Kier molecular flexibility index (Phi) is 4.74. The molecular formula is C16H25NS. The molecule has 1 fully saturated rings. The van der Waals surface area contributed by atoms with Gasteiger partial charge in [0.15, 0.2) is 0 Å². The van der Waals surface area contributed by atoms with Gasteiger partial charge in [0.05, 0.1) is 0 Å². The van der Waals surface area contributed by atoms with Crippen LogP contribution < -0.4 is 5.32 Å². The van der Waals surface area contributed by atoms with Gasteiger partial charge in [-0.2, -0.15) is 11.8 Å². The van der Waals surface area contributed by atoms with E-state index < -0.39 is 0 Å². The Morgan fingerprint density at radius 2 is 1.94 bits per heavy atom. The molecule has 1 aliphatic heterocycles. The van der Waals surface area contributed by atoms with Crippen LogP contribution in [0.15, 0.2) is 24.3 Å². The predicted molar refractivity (Wildman–Crippen MR) is 82.3 cm³/mol. The van der Waals surface area contributed by atoms with E-state index in [2.05, 4.69) is 62.1 Å². The van der Waals surface area contributed by atoms with E-state index in [4.69, 9.17) is 0 Å². The van der Waals surface area contributed by atoms with E-state index in [1.807, 2.05) is 0 Å². The Balaban J connectivity index is 1.86. The van der Waals surface area contributed by atoms with Crippen LogP contribution in [0.4, 0.5) is 0 Å². The van der Waals surface area contributed by atoms with Gasteiger partial charge in [0.1, 0.15) is 0 Å². The maximum atomic E-state index is 3.48. The molecular weight excluding hydrogens is 238 g/mol. The topological polar surface area (TPSA) is 12.0 Å². The molecule has 1 unspecified atom stereocenters. The van der Waals surface area contributed by atoms with E-state index >= 15 is 0 Å². The van der Waals surface area contributed by atoms with Crippen LogP contribution >= 0.6 is 11.8 Å². The van der Waals surface area contributed by atoms with Gasteiger partial charge >= 0.3 is 0 Å². The monoisotopic (exact) mass is 263 g/mol. The summed E-state index contributed by atoms with van der Waals surface area (Å²) in [5, 5.41) is 4.29. The van der Waals surface area contributed by atoms with E-state index in [-0.39, 0.29) is 5.41 Å².